The molecule has 0 bridgehead atoms. The van der Waals surface area contributed by atoms with Crippen LogP contribution >= 0.6 is 11.6 Å². The standard InChI is InChI=1S/C14H13ClFNO/c1-18-14-5-3-2-4-13(14)17-9-10-6-7-11(16)8-12(10)15/h2-8,17H,9H2,1H3. The van der Waals surface area contributed by atoms with Crippen molar-refractivity contribution in [3.8, 4) is 5.75 Å². The summed E-state index contributed by atoms with van der Waals surface area (Å²) in [6, 6.07) is 12.0. The molecule has 94 valence electrons. The molecule has 1 N–H and O–H groups in total. The molecule has 0 aromatic heterocycles. The van der Waals surface area contributed by atoms with E-state index in [1.54, 1.807) is 13.2 Å². The Hall–Kier alpha value is -1.74. The monoisotopic (exact) mass is 265 g/mol. The van der Waals surface area contributed by atoms with Gasteiger partial charge in [0.2, 0.25) is 0 Å². The van der Waals surface area contributed by atoms with Gasteiger partial charge < -0.3 is 10.1 Å². The number of para-hydroxylation sites is 2. The van der Waals surface area contributed by atoms with Crippen molar-refractivity contribution in [2.75, 3.05) is 12.4 Å². The first-order valence-corrected chi connectivity index (χ1v) is 5.89. The van der Waals surface area contributed by atoms with Gasteiger partial charge in [0.15, 0.2) is 0 Å². The summed E-state index contributed by atoms with van der Waals surface area (Å²) in [5, 5.41) is 3.62. The molecule has 2 aromatic rings. The number of rotatable bonds is 4. The molecule has 0 spiro atoms. The van der Waals surface area contributed by atoms with E-state index in [4.69, 9.17) is 16.3 Å². The number of hydrogen-bond acceptors (Lipinski definition) is 2. The highest BCUT2D eigenvalue weighted by Gasteiger charge is 2.04. The predicted molar refractivity (Wildman–Crippen MR) is 71.7 cm³/mol. The molecule has 0 amide bonds. The molecule has 0 atom stereocenters. The minimum Gasteiger partial charge on any atom is -0.495 e. The highest BCUT2D eigenvalue weighted by Crippen LogP contribution is 2.25. The summed E-state index contributed by atoms with van der Waals surface area (Å²) >= 11 is 5.96. The van der Waals surface area contributed by atoms with E-state index in [0.717, 1.165) is 17.0 Å². The number of nitrogens with one attached hydrogen (secondary N) is 1. The second-order valence-electron chi connectivity index (χ2n) is 3.79. The molecular weight excluding hydrogens is 253 g/mol. The minimum absolute atomic E-state index is 0.332. The van der Waals surface area contributed by atoms with Gasteiger partial charge in [-0.2, -0.15) is 0 Å². The molecule has 0 unspecified atom stereocenters. The van der Waals surface area contributed by atoms with Gasteiger partial charge in [0.05, 0.1) is 12.8 Å². The van der Waals surface area contributed by atoms with Gasteiger partial charge in [-0.3, -0.25) is 0 Å². The van der Waals surface area contributed by atoms with Crippen molar-refractivity contribution in [2.24, 2.45) is 0 Å². The molecule has 0 fully saturated rings. The first-order valence-electron chi connectivity index (χ1n) is 5.51. The highest BCUT2D eigenvalue weighted by atomic mass is 35.5. The maximum atomic E-state index is 12.9. The number of halogens is 2. The van der Waals surface area contributed by atoms with E-state index in [1.165, 1.54) is 12.1 Å². The van der Waals surface area contributed by atoms with E-state index in [-0.39, 0.29) is 5.82 Å². The van der Waals surface area contributed by atoms with Crippen LogP contribution in [0.4, 0.5) is 10.1 Å². The Kier molecular flexibility index (Phi) is 4.05. The first-order chi connectivity index (χ1) is 8.70. The Balaban J connectivity index is 2.11. The van der Waals surface area contributed by atoms with Crippen molar-refractivity contribution in [1.82, 2.24) is 0 Å². The Labute approximate surface area is 110 Å². The Morgan fingerprint density at radius 2 is 2.00 bits per heavy atom. The Morgan fingerprint density at radius 1 is 1.22 bits per heavy atom. The second-order valence-corrected chi connectivity index (χ2v) is 4.20. The Bertz CT molecular complexity index is 545. The van der Waals surface area contributed by atoms with Crippen LogP contribution < -0.4 is 10.1 Å². The number of benzene rings is 2. The summed E-state index contributed by atoms with van der Waals surface area (Å²) in [6.45, 7) is 0.513. The minimum atomic E-state index is -0.332. The molecule has 4 heteroatoms. The van der Waals surface area contributed by atoms with Crippen LogP contribution in [-0.2, 0) is 6.54 Å². The zero-order valence-electron chi connectivity index (χ0n) is 9.91. The van der Waals surface area contributed by atoms with E-state index in [1.807, 2.05) is 24.3 Å². The van der Waals surface area contributed by atoms with Gasteiger partial charge >= 0.3 is 0 Å². The van der Waals surface area contributed by atoms with Crippen molar-refractivity contribution >= 4 is 17.3 Å². The summed E-state index contributed by atoms with van der Waals surface area (Å²) in [5.74, 6) is 0.428. The van der Waals surface area contributed by atoms with Crippen LogP contribution in [0.5, 0.6) is 5.75 Å². The third-order valence-electron chi connectivity index (χ3n) is 2.59. The normalized spacial score (nSPS) is 10.2. The van der Waals surface area contributed by atoms with Gasteiger partial charge in [-0.1, -0.05) is 29.8 Å². The fraction of sp³-hybridized carbons (Fsp3) is 0.143. The first kappa shape index (κ1) is 12.7. The lowest BCUT2D eigenvalue weighted by Crippen LogP contribution is -2.02. The molecule has 0 aliphatic rings. The lowest BCUT2D eigenvalue weighted by molar-refractivity contribution is 0.416. The van der Waals surface area contributed by atoms with Crippen molar-refractivity contribution < 1.29 is 9.13 Å². The third-order valence-corrected chi connectivity index (χ3v) is 2.94. The second kappa shape index (κ2) is 5.74. The summed E-state index contributed by atoms with van der Waals surface area (Å²) in [6.07, 6.45) is 0. The molecule has 0 aliphatic heterocycles. The maximum Gasteiger partial charge on any atom is 0.141 e. The molecule has 2 rings (SSSR count). The topological polar surface area (TPSA) is 21.3 Å². The van der Waals surface area contributed by atoms with Gasteiger partial charge in [0.25, 0.3) is 0 Å². The quantitative estimate of drug-likeness (QED) is 0.899. The Morgan fingerprint density at radius 3 is 2.72 bits per heavy atom. The van der Waals surface area contributed by atoms with Gasteiger partial charge in [-0.05, 0) is 29.8 Å². The summed E-state index contributed by atoms with van der Waals surface area (Å²) in [4.78, 5) is 0. The highest BCUT2D eigenvalue weighted by molar-refractivity contribution is 6.31. The molecule has 0 aliphatic carbocycles. The molecule has 0 radical (unpaired) electrons. The summed E-state index contributed by atoms with van der Waals surface area (Å²) in [5.41, 5.74) is 1.71. The van der Waals surface area contributed by atoms with Crippen molar-refractivity contribution in [3.63, 3.8) is 0 Å². The zero-order valence-corrected chi connectivity index (χ0v) is 10.7. The van der Waals surface area contributed by atoms with Crippen LogP contribution in [0.25, 0.3) is 0 Å². The van der Waals surface area contributed by atoms with Crippen LogP contribution in [0.1, 0.15) is 5.56 Å². The molecule has 0 saturated heterocycles. The van der Waals surface area contributed by atoms with Crippen molar-refractivity contribution in [3.05, 3.63) is 58.9 Å². The SMILES string of the molecule is COc1ccccc1NCc1ccc(F)cc1Cl. The largest absolute Gasteiger partial charge is 0.495 e. The predicted octanol–water partition coefficient (Wildman–Crippen LogP) is 4.10. The van der Waals surface area contributed by atoms with E-state index in [2.05, 4.69) is 5.32 Å². The lowest BCUT2D eigenvalue weighted by atomic mass is 10.2. The van der Waals surface area contributed by atoms with E-state index in [9.17, 15) is 4.39 Å². The fourth-order valence-corrected chi connectivity index (χ4v) is 1.88. The number of methoxy groups -OCH3 is 1. The maximum absolute atomic E-state index is 12.9. The smallest absolute Gasteiger partial charge is 0.141 e. The van der Waals surface area contributed by atoms with E-state index in [0.29, 0.717) is 11.6 Å². The van der Waals surface area contributed by atoms with Gasteiger partial charge in [-0.25, -0.2) is 4.39 Å². The van der Waals surface area contributed by atoms with Gasteiger partial charge in [0, 0.05) is 11.6 Å². The molecule has 0 saturated carbocycles. The molecule has 18 heavy (non-hydrogen) atoms. The van der Waals surface area contributed by atoms with Crippen molar-refractivity contribution in [1.29, 1.82) is 0 Å². The van der Waals surface area contributed by atoms with Crippen LogP contribution in [0.2, 0.25) is 5.02 Å². The van der Waals surface area contributed by atoms with Crippen LogP contribution in [0.3, 0.4) is 0 Å². The summed E-state index contributed by atoms with van der Waals surface area (Å²) < 4.78 is 18.1. The number of anilines is 1. The van der Waals surface area contributed by atoms with Crippen molar-refractivity contribution in [2.45, 2.75) is 6.54 Å². The van der Waals surface area contributed by atoms with Crippen LogP contribution in [-0.4, -0.2) is 7.11 Å². The van der Waals surface area contributed by atoms with E-state index < -0.39 is 0 Å². The fourth-order valence-electron chi connectivity index (χ4n) is 1.65. The van der Waals surface area contributed by atoms with E-state index >= 15 is 0 Å². The lowest BCUT2D eigenvalue weighted by Gasteiger charge is -2.11. The van der Waals surface area contributed by atoms with Crippen LogP contribution in [0, 0.1) is 5.82 Å². The van der Waals surface area contributed by atoms with Gasteiger partial charge in [0.1, 0.15) is 11.6 Å². The third kappa shape index (κ3) is 2.93. The zero-order chi connectivity index (χ0) is 13.0. The number of hydrogen-bond donors (Lipinski definition) is 1. The molecular formula is C14H13ClFNO. The molecule has 2 nitrogen and oxygen atoms in total. The average molecular weight is 266 g/mol. The number of ether oxygens (including phenoxy) is 1. The van der Waals surface area contributed by atoms with Crippen LogP contribution in [0.15, 0.2) is 42.5 Å². The molecule has 2 aromatic carbocycles. The summed E-state index contributed by atoms with van der Waals surface area (Å²) in [7, 11) is 1.62. The van der Waals surface area contributed by atoms with Gasteiger partial charge in [-0.15, -0.1) is 0 Å². The average Bonchev–Trinajstić information content (AvgIpc) is 2.38. The molecule has 0 heterocycles.